The molecule has 0 radical (unpaired) electrons. The lowest BCUT2D eigenvalue weighted by Crippen LogP contribution is -2.31. The zero-order chi connectivity index (χ0) is 11.7. The van der Waals surface area contributed by atoms with Gasteiger partial charge in [-0.25, -0.2) is 0 Å². The van der Waals surface area contributed by atoms with Crippen LogP contribution in [0.1, 0.15) is 39.5 Å². The van der Waals surface area contributed by atoms with Crippen LogP contribution in [0.25, 0.3) is 0 Å². The SMILES string of the molecule is CCN(CCC#N)C(=O)CCCC(C)N. The van der Waals surface area contributed by atoms with Gasteiger partial charge < -0.3 is 10.6 Å². The Morgan fingerprint density at radius 2 is 2.27 bits per heavy atom. The Labute approximate surface area is 92.0 Å². The fourth-order valence-corrected chi connectivity index (χ4v) is 1.38. The van der Waals surface area contributed by atoms with Crippen molar-refractivity contribution in [2.45, 2.75) is 45.6 Å². The molecule has 0 saturated carbocycles. The molecular weight excluding hydrogens is 190 g/mol. The van der Waals surface area contributed by atoms with E-state index >= 15 is 0 Å². The normalized spacial score (nSPS) is 11.9. The molecular formula is C11H21N3O. The van der Waals surface area contributed by atoms with E-state index in [9.17, 15) is 4.79 Å². The molecule has 0 aliphatic heterocycles. The van der Waals surface area contributed by atoms with Gasteiger partial charge in [0, 0.05) is 25.6 Å². The van der Waals surface area contributed by atoms with Crippen molar-refractivity contribution in [2.75, 3.05) is 13.1 Å². The predicted octanol–water partition coefficient (Wildman–Crippen LogP) is 1.27. The molecule has 86 valence electrons. The molecule has 0 bridgehead atoms. The monoisotopic (exact) mass is 211 g/mol. The van der Waals surface area contributed by atoms with Gasteiger partial charge in [-0.15, -0.1) is 0 Å². The fraction of sp³-hybridized carbons (Fsp3) is 0.818. The first-order valence-electron chi connectivity index (χ1n) is 5.52. The first-order chi connectivity index (χ1) is 7.11. The summed E-state index contributed by atoms with van der Waals surface area (Å²) in [4.78, 5) is 13.4. The molecule has 0 heterocycles. The molecule has 0 saturated heterocycles. The summed E-state index contributed by atoms with van der Waals surface area (Å²) in [6, 6.07) is 2.21. The Morgan fingerprint density at radius 1 is 1.60 bits per heavy atom. The van der Waals surface area contributed by atoms with Crippen LogP contribution in [0.2, 0.25) is 0 Å². The minimum absolute atomic E-state index is 0.133. The Morgan fingerprint density at radius 3 is 2.73 bits per heavy atom. The van der Waals surface area contributed by atoms with Crippen LogP contribution in [0.5, 0.6) is 0 Å². The molecule has 1 amide bonds. The minimum atomic E-state index is 0.133. The number of nitriles is 1. The highest BCUT2D eigenvalue weighted by molar-refractivity contribution is 5.76. The Balaban J connectivity index is 3.79. The first-order valence-corrected chi connectivity index (χ1v) is 5.52. The van der Waals surface area contributed by atoms with Gasteiger partial charge in [0.1, 0.15) is 0 Å². The standard InChI is InChI=1S/C11H21N3O/c1-3-14(9-5-8-12)11(15)7-4-6-10(2)13/h10H,3-7,9,13H2,1-2H3. The van der Waals surface area contributed by atoms with Crippen LogP contribution in [0.4, 0.5) is 0 Å². The van der Waals surface area contributed by atoms with Gasteiger partial charge in [0.2, 0.25) is 5.91 Å². The van der Waals surface area contributed by atoms with E-state index in [0.29, 0.717) is 25.9 Å². The number of nitrogens with zero attached hydrogens (tertiary/aromatic N) is 2. The quantitative estimate of drug-likeness (QED) is 0.689. The summed E-state index contributed by atoms with van der Waals surface area (Å²) in [7, 11) is 0. The van der Waals surface area contributed by atoms with Crippen LogP contribution in [-0.4, -0.2) is 29.9 Å². The van der Waals surface area contributed by atoms with E-state index in [4.69, 9.17) is 11.0 Å². The molecule has 0 aromatic heterocycles. The Kier molecular flexibility index (Phi) is 7.65. The lowest BCUT2D eigenvalue weighted by Gasteiger charge is -2.19. The second-order valence-electron chi connectivity index (χ2n) is 3.75. The minimum Gasteiger partial charge on any atom is -0.342 e. The van der Waals surface area contributed by atoms with Crippen molar-refractivity contribution in [1.82, 2.24) is 4.90 Å². The third-order valence-electron chi connectivity index (χ3n) is 2.28. The van der Waals surface area contributed by atoms with Crippen molar-refractivity contribution in [3.63, 3.8) is 0 Å². The molecule has 0 rings (SSSR count). The summed E-state index contributed by atoms with van der Waals surface area (Å²) in [6.45, 7) is 5.10. The topological polar surface area (TPSA) is 70.1 Å². The Bertz CT molecular complexity index is 220. The van der Waals surface area contributed by atoms with Crippen LogP contribution < -0.4 is 5.73 Å². The highest BCUT2D eigenvalue weighted by Crippen LogP contribution is 2.03. The van der Waals surface area contributed by atoms with Crippen LogP contribution >= 0.6 is 0 Å². The molecule has 0 aliphatic carbocycles. The number of hydrogen-bond acceptors (Lipinski definition) is 3. The molecule has 0 aromatic rings. The number of amides is 1. The third kappa shape index (κ3) is 6.92. The van der Waals surface area contributed by atoms with Crippen molar-refractivity contribution < 1.29 is 4.79 Å². The van der Waals surface area contributed by atoms with Gasteiger partial charge in [0.15, 0.2) is 0 Å². The maximum atomic E-state index is 11.6. The highest BCUT2D eigenvalue weighted by atomic mass is 16.2. The number of carbonyl (C=O) groups excluding carboxylic acids is 1. The molecule has 15 heavy (non-hydrogen) atoms. The van der Waals surface area contributed by atoms with Crippen molar-refractivity contribution in [1.29, 1.82) is 5.26 Å². The largest absolute Gasteiger partial charge is 0.342 e. The lowest BCUT2D eigenvalue weighted by molar-refractivity contribution is -0.131. The number of carbonyl (C=O) groups is 1. The van der Waals surface area contributed by atoms with Crippen LogP contribution in [-0.2, 0) is 4.79 Å². The van der Waals surface area contributed by atoms with Crippen LogP contribution in [0.15, 0.2) is 0 Å². The van der Waals surface area contributed by atoms with Crippen molar-refractivity contribution in [3.05, 3.63) is 0 Å². The van der Waals surface area contributed by atoms with Gasteiger partial charge in [-0.3, -0.25) is 4.79 Å². The molecule has 1 atom stereocenters. The Hall–Kier alpha value is -1.08. The summed E-state index contributed by atoms with van der Waals surface area (Å²) in [5, 5.41) is 8.44. The molecule has 0 aliphatic rings. The first kappa shape index (κ1) is 13.9. The van der Waals surface area contributed by atoms with E-state index < -0.39 is 0 Å². The predicted molar refractivity (Wildman–Crippen MR) is 60.0 cm³/mol. The second kappa shape index (κ2) is 8.25. The summed E-state index contributed by atoms with van der Waals surface area (Å²) in [6.07, 6.45) is 2.66. The summed E-state index contributed by atoms with van der Waals surface area (Å²) in [5.41, 5.74) is 5.60. The maximum Gasteiger partial charge on any atom is 0.222 e. The van der Waals surface area contributed by atoms with E-state index in [1.54, 1.807) is 4.90 Å². The van der Waals surface area contributed by atoms with Gasteiger partial charge in [0.05, 0.1) is 12.5 Å². The molecule has 1 unspecified atom stereocenters. The van der Waals surface area contributed by atoms with Gasteiger partial charge in [-0.1, -0.05) is 0 Å². The van der Waals surface area contributed by atoms with Crippen molar-refractivity contribution >= 4 is 5.91 Å². The molecule has 0 spiro atoms. The lowest BCUT2D eigenvalue weighted by atomic mass is 10.1. The van der Waals surface area contributed by atoms with E-state index in [1.165, 1.54) is 0 Å². The van der Waals surface area contributed by atoms with Gasteiger partial charge in [-0.05, 0) is 26.7 Å². The molecule has 0 aromatic carbocycles. The number of hydrogen-bond donors (Lipinski definition) is 1. The van der Waals surface area contributed by atoms with Crippen LogP contribution in [0.3, 0.4) is 0 Å². The van der Waals surface area contributed by atoms with Gasteiger partial charge in [0.25, 0.3) is 0 Å². The zero-order valence-electron chi connectivity index (χ0n) is 9.70. The molecule has 4 heteroatoms. The van der Waals surface area contributed by atoms with Crippen molar-refractivity contribution in [2.24, 2.45) is 5.73 Å². The smallest absolute Gasteiger partial charge is 0.222 e. The summed E-state index contributed by atoms with van der Waals surface area (Å²) >= 11 is 0. The summed E-state index contributed by atoms with van der Waals surface area (Å²) < 4.78 is 0. The molecule has 2 N–H and O–H groups in total. The van der Waals surface area contributed by atoms with Crippen LogP contribution in [0, 0.1) is 11.3 Å². The second-order valence-corrected chi connectivity index (χ2v) is 3.75. The number of rotatable bonds is 7. The van der Waals surface area contributed by atoms with E-state index in [0.717, 1.165) is 12.8 Å². The van der Waals surface area contributed by atoms with Gasteiger partial charge >= 0.3 is 0 Å². The molecule has 0 fully saturated rings. The summed E-state index contributed by atoms with van der Waals surface area (Å²) in [5.74, 6) is 0.133. The fourth-order valence-electron chi connectivity index (χ4n) is 1.38. The maximum absolute atomic E-state index is 11.6. The molecule has 4 nitrogen and oxygen atoms in total. The van der Waals surface area contributed by atoms with E-state index in [1.807, 2.05) is 19.9 Å². The van der Waals surface area contributed by atoms with E-state index in [-0.39, 0.29) is 11.9 Å². The van der Waals surface area contributed by atoms with E-state index in [2.05, 4.69) is 0 Å². The zero-order valence-corrected chi connectivity index (χ0v) is 9.70. The highest BCUT2D eigenvalue weighted by Gasteiger charge is 2.10. The van der Waals surface area contributed by atoms with Crippen molar-refractivity contribution in [3.8, 4) is 6.07 Å². The van der Waals surface area contributed by atoms with Gasteiger partial charge in [-0.2, -0.15) is 5.26 Å². The number of nitrogens with two attached hydrogens (primary N) is 1. The average Bonchev–Trinajstić information content (AvgIpc) is 2.18. The third-order valence-corrected chi connectivity index (χ3v) is 2.28. The average molecular weight is 211 g/mol.